The Morgan fingerprint density at radius 3 is 3.00 bits per heavy atom. The minimum absolute atomic E-state index is 0.173. The van der Waals surface area contributed by atoms with Crippen LogP contribution in [0.2, 0.25) is 0 Å². The Kier molecular flexibility index (Phi) is 4.20. The van der Waals surface area contributed by atoms with Crippen molar-refractivity contribution in [1.29, 1.82) is 0 Å². The van der Waals surface area contributed by atoms with E-state index < -0.39 is 0 Å². The van der Waals surface area contributed by atoms with Crippen LogP contribution in [0.5, 0.6) is 5.88 Å². The Bertz CT molecular complexity index is 758. The highest BCUT2D eigenvalue weighted by Gasteiger charge is 2.35. The zero-order valence-electron chi connectivity index (χ0n) is 13.8. The summed E-state index contributed by atoms with van der Waals surface area (Å²) in [7, 11) is 1.56. The number of amides is 1. The molecule has 0 aromatic carbocycles. The second kappa shape index (κ2) is 6.49. The number of ether oxygens (including phenoxy) is 2. The molecule has 0 radical (unpaired) electrons. The standard InChI is InChI=1S/C17H22N4O3/c1-23-14-3-2-12-15-13(17(22)20-16(12)19-14)9-24-10-21(15)8-11-4-6-18-7-5-11/h2-3,11,13,18H,4-10H2,1H3. The van der Waals surface area contributed by atoms with Gasteiger partial charge in [-0.25, -0.2) is 0 Å². The lowest BCUT2D eigenvalue weighted by molar-refractivity contribution is -0.125. The van der Waals surface area contributed by atoms with Gasteiger partial charge in [-0.2, -0.15) is 9.98 Å². The van der Waals surface area contributed by atoms with Crippen LogP contribution in [0.1, 0.15) is 12.8 Å². The molecule has 0 spiro atoms. The highest BCUT2D eigenvalue weighted by atomic mass is 16.5. The zero-order valence-corrected chi connectivity index (χ0v) is 13.8. The monoisotopic (exact) mass is 330 g/mol. The van der Waals surface area contributed by atoms with Crippen molar-refractivity contribution in [2.45, 2.75) is 12.8 Å². The van der Waals surface area contributed by atoms with Crippen molar-refractivity contribution in [3.63, 3.8) is 0 Å². The molecule has 7 heteroatoms. The second-order valence-electron chi connectivity index (χ2n) is 6.53. The number of piperidine rings is 1. The van der Waals surface area contributed by atoms with E-state index in [1.807, 2.05) is 12.1 Å². The van der Waals surface area contributed by atoms with E-state index in [2.05, 4.69) is 20.2 Å². The summed E-state index contributed by atoms with van der Waals surface area (Å²) in [4.78, 5) is 23.2. The lowest BCUT2D eigenvalue weighted by Gasteiger charge is -2.39. The molecule has 7 nitrogen and oxygen atoms in total. The fourth-order valence-corrected chi connectivity index (χ4v) is 3.74. The molecule has 1 aromatic rings. The fraction of sp³-hybridized carbons (Fsp3) is 0.588. The molecule has 0 aliphatic carbocycles. The van der Waals surface area contributed by atoms with Crippen molar-refractivity contribution in [1.82, 2.24) is 15.2 Å². The average Bonchev–Trinajstić information content (AvgIpc) is 2.62. The molecule has 1 atom stereocenters. The van der Waals surface area contributed by atoms with Gasteiger partial charge < -0.3 is 19.7 Å². The molecule has 2 fully saturated rings. The first-order chi connectivity index (χ1) is 11.8. The topological polar surface area (TPSA) is 76.0 Å². The van der Waals surface area contributed by atoms with Crippen molar-refractivity contribution < 1.29 is 14.3 Å². The number of nitrogens with zero attached hydrogens (tertiary/aromatic N) is 3. The molecule has 3 aliphatic rings. The molecule has 0 bridgehead atoms. The van der Waals surface area contributed by atoms with Gasteiger partial charge in [-0.3, -0.25) is 4.79 Å². The van der Waals surface area contributed by atoms with Gasteiger partial charge in [0.15, 0.2) is 5.49 Å². The van der Waals surface area contributed by atoms with Crippen LogP contribution in [0, 0.1) is 11.8 Å². The van der Waals surface area contributed by atoms with E-state index in [0.29, 0.717) is 30.6 Å². The SMILES string of the molecule is COc1ccc2c(n1)=NC(=O)C1COCN(CC3CCNCC3)C=21. The number of hydrogen-bond acceptors (Lipinski definition) is 6. The van der Waals surface area contributed by atoms with Crippen LogP contribution >= 0.6 is 0 Å². The van der Waals surface area contributed by atoms with E-state index in [0.717, 1.165) is 43.4 Å². The van der Waals surface area contributed by atoms with E-state index in [4.69, 9.17) is 9.47 Å². The number of aromatic nitrogens is 1. The first kappa shape index (κ1) is 15.5. The molecule has 1 N–H and O–H groups in total. The van der Waals surface area contributed by atoms with Gasteiger partial charge in [0.2, 0.25) is 5.88 Å². The Morgan fingerprint density at radius 1 is 1.38 bits per heavy atom. The summed E-state index contributed by atoms with van der Waals surface area (Å²) >= 11 is 0. The summed E-state index contributed by atoms with van der Waals surface area (Å²) in [5.74, 6) is 0.600. The largest absolute Gasteiger partial charge is 0.481 e. The fourth-order valence-electron chi connectivity index (χ4n) is 3.74. The van der Waals surface area contributed by atoms with Gasteiger partial charge in [0.25, 0.3) is 5.91 Å². The van der Waals surface area contributed by atoms with Gasteiger partial charge >= 0.3 is 0 Å². The number of hydrogen-bond donors (Lipinski definition) is 1. The Morgan fingerprint density at radius 2 is 2.21 bits per heavy atom. The predicted molar refractivity (Wildman–Crippen MR) is 86.6 cm³/mol. The zero-order chi connectivity index (χ0) is 16.5. The van der Waals surface area contributed by atoms with Crippen LogP contribution in [0.3, 0.4) is 0 Å². The molecule has 2 saturated heterocycles. The summed E-state index contributed by atoms with van der Waals surface area (Å²) in [5.41, 5.74) is 1.48. The van der Waals surface area contributed by atoms with Gasteiger partial charge in [0.05, 0.1) is 13.7 Å². The molecular formula is C17H22N4O3. The third-order valence-corrected chi connectivity index (χ3v) is 4.99. The molecule has 1 amide bonds. The molecule has 3 aliphatic heterocycles. The van der Waals surface area contributed by atoms with Crippen LogP contribution in [0.4, 0.5) is 0 Å². The lowest BCUT2D eigenvalue weighted by atomic mass is 9.94. The third-order valence-electron chi connectivity index (χ3n) is 4.99. The van der Waals surface area contributed by atoms with Crippen LogP contribution in [-0.4, -0.2) is 55.9 Å². The summed E-state index contributed by atoms with van der Waals surface area (Å²) in [5, 5.41) is 4.32. The van der Waals surface area contributed by atoms with Gasteiger partial charge in [-0.1, -0.05) is 0 Å². The predicted octanol–water partition coefficient (Wildman–Crippen LogP) is -0.736. The van der Waals surface area contributed by atoms with Crippen LogP contribution in [0.15, 0.2) is 17.1 Å². The number of carbonyl (C=O) groups excluding carboxylic acids is 1. The van der Waals surface area contributed by atoms with Crippen molar-refractivity contribution in [3.05, 3.63) is 22.8 Å². The van der Waals surface area contributed by atoms with Gasteiger partial charge in [-0.15, -0.1) is 0 Å². The van der Waals surface area contributed by atoms with Crippen molar-refractivity contribution in [3.8, 4) is 5.88 Å². The maximum atomic E-state index is 12.4. The number of nitrogens with one attached hydrogen (secondary N) is 1. The third kappa shape index (κ3) is 2.78. The van der Waals surface area contributed by atoms with E-state index >= 15 is 0 Å². The van der Waals surface area contributed by atoms with Gasteiger partial charge in [0.1, 0.15) is 12.6 Å². The number of rotatable bonds is 3. The van der Waals surface area contributed by atoms with Gasteiger partial charge in [0, 0.05) is 23.5 Å². The minimum Gasteiger partial charge on any atom is -0.481 e. The Balaban J connectivity index is 1.75. The maximum absolute atomic E-state index is 12.4. The number of carbonyl (C=O) groups is 1. The Hall–Kier alpha value is -1.99. The molecule has 24 heavy (non-hydrogen) atoms. The average molecular weight is 330 g/mol. The normalized spacial score (nSPS) is 24.2. The highest BCUT2D eigenvalue weighted by molar-refractivity contribution is 5.89. The molecule has 0 saturated carbocycles. The number of pyridine rings is 1. The smallest absolute Gasteiger partial charge is 0.259 e. The van der Waals surface area contributed by atoms with Crippen LogP contribution in [0.25, 0.3) is 5.70 Å². The van der Waals surface area contributed by atoms with E-state index in [1.54, 1.807) is 7.11 Å². The number of methoxy groups -OCH3 is 1. The van der Waals surface area contributed by atoms with Crippen molar-refractivity contribution in [2.75, 3.05) is 40.1 Å². The van der Waals surface area contributed by atoms with E-state index in [1.165, 1.54) is 0 Å². The molecule has 4 heterocycles. The maximum Gasteiger partial charge on any atom is 0.259 e. The van der Waals surface area contributed by atoms with Crippen LogP contribution in [-0.2, 0) is 9.53 Å². The van der Waals surface area contributed by atoms with E-state index in [-0.39, 0.29) is 11.8 Å². The van der Waals surface area contributed by atoms with E-state index in [9.17, 15) is 4.79 Å². The molecule has 1 aromatic heterocycles. The summed E-state index contributed by atoms with van der Waals surface area (Å²) in [6.07, 6.45) is 2.31. The molecule has 1 unspecified atom stereocenters. The van der Waals surface area contributed by atoms with Crippen molar-refractivity contribution in [2.24, 2.45) is 16.8 Å². The molecule has 4 rings (SSSR count). The minimum atomic E-state index is -0.317. The number of fused-ring (bicyclic) bond motifs is 2. The van der Waals surface area contributed by atoms with Crippen molar-refractivity contribution >= 4 is 11.6 Å². The summed E-state index contributed by atoms with van der Waals surface area (Å²) < 4.78 is 10.8. The van der Waals surface area contributed by atoms with Crippen LogP contribution < -0.4 is 20.8 Å². The summed E-state index contributed by atoms with van der Waals surface area (Å²) in [6, 6.07) is 3.78. The lowest BCUT2D eigenvalue weighted by Crippen LogP contribution is -2.51. The quantitative estimate of drug-likeness (QED) is 0.787. The second-order valence-corrected chi connectivity index (χ2v) is 6.53. The molecule has 128 valence electrons. The first-order valence-electron chi connectivity index (χ1n) is 8.47. The van der Waals surface area contributed by atoms with Gasteiger partial charge in [-0.05, 0) is 37.9 Å². The highest BCUT2D eigenvalue weighted by Crippen LogP contribution is 2.27. The summed E-state index contributed by atoms with van der Waals surface area (Å²) in [6.45, 7) is 3.94. The Labute approximate surface area is 140 Å². The first-order valence-corrected chi connectivity index (χ1v) is 8.47. The molecular weight excluding hydrogens is 308 g/mol.